The van der Waals surface area contributed by atoms with Gasteiger partial charge in [0.1, 0.15) is 0 Å². The van der Waals surface area contributed by atoms with Crippen LogP contribution in [0.25, 0.3) is 0 Å². The predicted octanol–water partition coefficient (Wildman–Crippen LogP) is 1.62. The van der Waals surface area contributed by atoms with Gasteiger partial charge in [0.05, 0.1) is 13.2 Å². The van der Waals surface area contributed by atoms with Crippen LogP contribution in [-0.2, 0) is 11.2 Å². The number of ether oxygens (including phenoxy) is 1. The molecule has 1 aromatic rings. The molecule has 0 radical (unpaired) electrons. The third-order valence-corrected chi connectivity index (χ3v) is 3.90. The zero-order valence-corrected chi connectivity index (χ0v) is 13.7. The van der Waals surface area contributed by atoms with Crippen molar-refractivity contribution in [3.8, 4) is 0 Å². The van der Waals surface area contributed by atoms with E-state index in [0.29, 0.717) is 13.1 Å². The fourth-order valence-corrected chi connectivity index (χ4v) is 2.67. The van der Waals surface area contributed by atoms with E-state index in [0.717, 1.165) is 43.7 Å². The van der Waals surface area contributed by atoms with Gasteiger partial charge in [-0.1, -0.05) is 28.1 Å². The molecule has 21 heavy (non-hydrogen) atoms. The lowest BCUT2D eigenvalue weighted by Gasteiger charge is -2.26. The summed E-state index contributed by atoms with van der Waals surface area (Å²) in [6.07, 6.45) is 0.830. The zero-order valence-electron chi connectivity index (χ0n) is 12.1. The van der Waals surface area contributed by atoms with Crippen molar-refractivity contribution in [2.45, 2.75) is 6.42 Å². The molecule has 1 fully saturated rings. The molecule has 2 N–H and O–H groups in total. The number of rotatable bonds is 6. The number of carbonyl (C=O) groups is 1. The topological polar surface area (TPSA) is 53.6 Å². The molecule has 1 aliphatic rings. The van der Waals surface area contributed by atoms with Gasteiger partial charge in [0.2, 0.25) is 0 Å². The first kappa shape index (κ1) is 16.3. The van der Waals surface area contributed by atoms with Gasteiger partial charge in [0.25, 0.3) is 0 Å². The Kier molecular flexibility index (Phi) is 6.99. The molecule has 0 unspecified atom stereocenters. The van der Waals surface area contributed by atoms with E-state index in [1.54, 1.807) is 0 Å². The van der Waals surface area contributed by atoms with Gasteiger partial charge in [-0.15, -0.1) is 0 Å². The second-order valence-electron chi connectivity index (χ2n) is 5.02. The minimum Gasteiger partial charge on any atom is -0.379 e. The highest BCUT2D eigenvalue weighted by molar-refractivity contribution is 9.10. The summed E-state index contributed by atoms with van der Waals surface area (Å²) < 4.78 is 6.35. The van der Waals surface area contributed by atoms with Gasteiger partial charge in [0.15, 0.2) is 0 Å². The van der Waals surface area contributed by atoms with Gasteiger partial charge in [-0.25, -0.2) is 4.79 Å². The summed E-state index contributed by atoms with van der Waals surface area (Å²) >= 11 is 3.44. The fourth-order valence-electron chi connectivity index (χ4n) is 2.23. The van der Waals surface area contributed by atoms with E-state index >= 15 is 0 Å². The number of morpholine rings is 1. The van der Waals surface area contributed by atoms with Crippen molar-refractivity contribution in [1.82, 2.24) is 15.5 Å². The average Bonchev–Trinajstić information content (AvgIpc) is 2.48. The van der Waals surface area contributed by atoms with E-state index in [9.17, 15) is 4.79 Å². The van der Waals surface area contributed by atoms with Crippen LogP contribution < -0.4 is 10.6 Å². The highest BCUT2D eigenvalue weighted by atomic mass is 79.9. The van der Waals surface area contributed by atoms with Crippen LogP contribution in [0, 0.1) is 0 Å². The Morgan fingerprint density at radius 1 is 1.24 bits per heavy atom. The number of halogens is 1. The molecule has 0 spiro atoms. The number of urea groups is 1. The maximum atomic E-state index is 11.7. The number of hydrogen-bond donors (Lipinski definition) is 2. The Hall–Kier alpha value is -1.11. The largest absolute Gasteiger partial charge is 0.379 e. The lowest BCUT2D eigenvalue weighted by atomic mass is 10.1. The Morgan fingerprint density at radius 3 is 2.76 bits per heavy atom. The second kappa shape index (κ2) is 9.02. The molecular weight excluding hydrogens is 334 g/mol. The molecule has 0 saturated carbocycles. The van der Waals surface area contributed by atoms with Crippen molar-refractivity contribution in [1.29, 1.82) is 0 Å². The molecule has 0 atom stereocenters. The molecule has 0 aliphatic carbocycles. The molecule has 1 aromatic carbocycles. The maximum Gasteiger partial charge on any atom is 0.314 e. The molecule has 1 heterocycles. The van der Waals surface area contributed by atoms with Gasteiger partial charge >= 0.3 is 6.03 Å². The number of hydrogen-bond acceptors (Lipinski definition) is 3. The van der Waals surface area contributed by atoms with Crippen LogP contribution >= 0.6 is 15.9 Å². The Balaban J connectivity index is 1.55. The molecule has 6 heteroatoms. The van der Waals surface area contributed by atoms with Crippen LogP contribution in [-0.4, -0.2) is 56.9 Å². The summed E-state index contributed by atoms with van der Waals surface area (Å²) in [6, 6.07) is 8.02. The Bertz CT molecular complexity index is 450. The van der Waals surface area contributed by atoms with Gasteiger partial charge in [0, 0.05) is 37.2 Å². The van der Waals surface area contributed by atoms with E-state index in [4.69, 9.17) is 4.74 Å². The number of benzene rings is 1. The molecular formula is C15H22BrN3O2. The van der Waals surface area contributed by atoms with E-state index < -0.39 is 0 Å². The Morgan fingerprint density at radius 2 is 2.00 bits per heavy atom. The summed E-state index contributed by atoms with van der Waals surface area (Å²) in [5.41, 5.74) is 1.21. The van der Waals surface area contributed by atoms with Crippen molar-refractivity contribution in [3.05, 3.63) is 34.3 Å². The first-order valence-corrected chi connectivity index (χ1v) is 8.09. The van der Waals surface area contributed by atoms with Gasteiger partial charge < -0.3 is 15.4 Å². The standard InChI is InChI=1S/C15H22BrN3O2/c16-14-3-1-2-13(12-14)4-5-17-15(20)18-6-7-19-8-10-21-11-9-19/h1-3,12H,4-11H2,(H2,17,18,20). The fraction of sp³-hybridized carbons (Fsp3) is 0.533. The lowest BCUT2D eigenvalue weighted by Crippen LogP contribution is -2.44. The number of nitrogens with zero attached hydrogens (tertiary/aromatic N) is 1. The SMILES string of the molecule is O=C(NCCc1cccc(Br)c1)NCCN1CCOCC1. The van der Waals surface area contributed by atoms with Gasteiger partial charge in [-0.05, 0) is 24.1 Å². The van der Waals surface area contributed by atoms with Crippen molar-refractivity contribution in [2.24, 2.45) is 0 Å². The predicted molar refractivity (Wildman–Crippen MR) is 86.5 cm³/mol. The summed E-state index contributed by atoms with van der Waals surface area (Å²) in [4.78, 5) is 14.0. The van der Waals surface area contributed by atoms with Crippen LogP contribution in [0.4, 0.5) is 4.79 Å². The molecule has 2 amide bonds. The van der Waals surface area contributed by atoms with Crippen molar-refractivity contribution in [2.75, 3.05) is 45.9 Å². The van der Waals surface area contributed by atoms with Crippen LogP contribution in [0.3, 0.4) is 0 Å². The average molecular weight is 356 g/mol. The smallest absolute Gasteiger partial charge is 0.314 e. The van der Waals surface area contributed by atoms with E-state index in [-0.39, 0.29) is 6.03 Å². The summed E-state index contributed by atoms with van der Waals surface area (Å²) in [5, 5.41) is 5.77. The van der Waals surface area contributed by atoms with E-state index in [1.807, 2.05) is 12.1 Å². The number of carbonyl (C=O) groups excluding carboxylic acids is 1. The highest BCUT2D eigenvalue weighted by Crippen LogP contribution is 2.11. The molecule has 2 rings (SSSR count). The zero-order chi connectivity index (χ0) is 14.9. The number of nitrogens with one attached hydrogen (secondary N) is 2. The van der Waals surface area contributed by atoms with Crippen molar-refractivity contribution in [3.63, 3.8) is 0 Å². The summed E-state index contributed by atoms with van der Waals surface area (Å²) in [6.45, 7) is 5.67. The summed E-state index contributed by atoms with van der Waals surface area (Å²) in [7, 11) is 0. The number of amides is 2. The van der Waals surface area contributed by atoms with Gasteiger partial charge in [-0.3, -0.25) is 4.90 Å². The Labute approximate surface area is 134 Å². The highest BCUT2D eigenvalue weighted by Gasteiger charge is 2.09. The normalized spacial score (nSPS) is 15.7. The molecule has 5 nitrogen and oxygen atoms in total. The minimum absolute atomic E-state index is 0.0988. The second-order valence-corrected chi connectivity index (χ2v) is 5.93. The molecule has 0 aromatic heterocycles. The maximum absolute atomic E-state index is 11.7. The summed E-state index contributed by atoms with van der Waals surface area (Å²) in [5.74, 6) is 0. The van der Waals surface area contributed by atoms with Crippen LogP contribution in [0.1, 0.15) is 5.56 Å². The first-order chi connectivity index (χ1) is 10.2. The molecule has 116 valence electrons. The quantitative estimate of drug-likeness (QED) is 0.815. The van der Waals surface area contributed by atoms with Crippen molar-refractivity contribution >= 4 is 22.0 Å². The first-order valence-electron chi connectivity index (χ1n) is 7.30. The molecule has 1 aliphatic heterocycles. The van der Waals surface area contributed by atoms with Crippen LogP contribution in [0.2, 0.25) is 0 Å². The monoisotopic (exact) mass is 355 g/mol. The van der Waals surface area contributed by atoms with Crippen LogP contribution in [0.15, 0.2) is 28.7 Å². The van der Waals surface area contributed by atoms with E-state index in [1.165, 1.54) is 5.56 Å². The van der Waals surface area contributed by atoms with Crippen LogP contribution in [0.5, 0.6) is 0 Å². The third kappa shape index (κ3) is 6.46. The minimum atomic E-state index is -0.0988. The van der Waals surface area contributed by atoms with Crippen molar-refractivity contribution < 1.29 is 9.53 Å². The molecule has 1 saturated heterocycles. The lowest BCUT2D eigenvalue weighted by molar-refractivity contribution is 0.0387. The van der Waals surface area contributed by atoms with Gasteiger partial charge in [-0.2, -0.15) is 0 Å². The van der Waals surface area contributed by atoms with E-state index in [2.05, 4.69) is 43.6 Å². The third-order valence-electron chi connectivity index (χ3n) is 3.41. The molecule has 0 bridgehead atoms.